The predicted octanol–water partition coefficient (Wildman–Crippen LogP) is 11.9. The molecule has 4 heterocycles. The van der Waals surface area contributed by atoms with E-state index in [9.17, 15) is 0 Å². The third-order valence-electron chi connectivity index (χ3n) is 10.5. The Bertz CT molecular complexity index is 3010. The lowest BCUT2D eigenvalue weighted by Gasteiger charge is -2.23. The van der Waals surface area contributed by atoms with E-state index >= 15 is 0 Å². The van der Waals surface area contributed by atoms with Crippen LogP contribution in [-0.4, -0.2) is 31.0 Å². The van der Waals surface area contributed by atoms with Crippen LogP contribution in [0.4, 0.5) is 0 Å². The van der Waals surface area contributed by atoms with Crippen molar-refractivity contribution in [3.8, 4) is 62.4 Å². The van der Waals surface area contributed by atoms with E-state index in [4.69, 9.17) is 29.7 Å². The average Bonchev–Trinajstić information content (AvgIpc) is 3.85. The van der Waals surface area contributed by atoms with E-state index < -0.39 is 0 Å². The number of hydrogen-bond acceptors (Lipinski definition) is 7. The fraction of sp³-hybridized carbons (Fsp3) is 0.0408. The molecule has 0 radical (unpaired) electrons. The van der Waals surface area contributed by atoms with Crippen molar-refractivity contribution in [3.63, 3.8) is 0 Å². The van der Waals surface area contributed by atoms with Gasteiger partial charge in [0.2, 0.25) is 0 Å². The van der Waals surface area contributed by atoms with Crippen molar-refractivity contribution < 1.29 is 4.74 Å². The largest absolute Gasteiger partial charge is 0.484 e. The quantitative estimate of drug-likeness (QED) is 0.169. The first-order chi connectivity index (χ1) is 27.7. The standard InChI is InChI=1S/C49H31N5OS/c1-4-14-30(15-5-1)33-20-12-21-34(28-33)48-52-47(32-18-8-3-9-19-32)53-49(54-48)35-26-27-40-39(29-35)36-23-13-24-38(44(36)55-40)43-45-42(37-22-10-11-25-41(37)56-45)50-46(51-43)31-16-6-2-7-17-31/h1-29,36,44H. The van der Waals surface area contributed by atoms with Crippen LogP contribution in [0.3, 0.4) is 0 Å². The number of allylic oxidation sites excluding steroid dienone is 2. The number of thiophene rings is 1. The van der Waals surface area contributed by atoms with Crippen molar-refractivity contribution in [1.82, 2.24) is 24.9 Å². The number of aromatic nitrogens is 5. The number of fused-ring (bicyclic) bond motifs is 6. The van der Waals surface area contributed by atoms with E-state index in [1.807, 2.05) is 54.6 Å². The molecule has 3 aromatic heterocycles. The van der Waals surface area contributed by atoms with Crippen LogP contribution in [0, 0.1) is 0 Å². The van der Waals surface area contributed by atoms with Gasteiger partial charge in [-0.2, -0.15) is 0 Å². The molecule has 264 valence electrons. The van der Waals surface area contributed by atoms with Gasteiger partial charge < -0.3 is 4.74 Å². The summed E-state index contributed by atoms with van der Waals surface area (Å²) >= 11 is 1.73. The smallest absolute Gasteiger partial charge is 0.164 e. The minimum absolute atomic E-state index is 0.0259. The van der Waals surface area contributed by atoms with Gasteiger partial charge in [0.15, 0.2) is 23.3 Å². The fourth-order valence-electron chi connectivity index (χ4n) is 7.80. The zero-order chi connectivity index (χ0) is 37.0. The highest BCUT2D eigenvalue weighted by Gasteiger charge is 2.39. The zero-order valence-electron chi connectivity index (χ0n) is 30.0. The molecule has 0 saturated carbocycles. The highest BCUT2D eigenvalue weighted by Crippen LogP contribution is 2.49. The molecule has 0 spiro atoms. The van der Waals surface area contributed by atoms with Crippen molar-refractivity contribution in [2.24, 2.45) is 0 Å². The third-order valence-corrected chi connectivity index (χ3v) is 11.7. The highest BCUT2D eigenvalue weighted by molar-refractivity contribution is 7.26. The summed E-state index contributed by atoms with van der Waals surface area (Å²) in [7, 11) is 0. The Labute approximate surface area is 327 Å². The van der Waals surface area contributed by atoms with Crippen molar-refractivity contribution in [1.29, 1.82) is 0 Å². The maximum absolute atomic E-state index is 6.85. The molecule has 1 aliphatic heterocycles. The molecule has 2 aliphatic rings. The molecule has 7 heteroatoms. The number of benzene rings is 6. The highest BCUT2D eigenvalue weighted by atomic mass is 32.1. The number of nitrogens with zero attached hydrogens (tertiary/aromatic N) is 5. The van der Waals surface area contributed by atoms with E-state index in [-0.39, 0.29) is 12.0 Å². The summed E-state index contributed by atoms with van der Waals surface area (Å²) in [4.78, 5) is 25.6. The Morgan fingerprint density at radius 2 is 1.07 bits per heavy atom. The normalized spacial score (nSPS) is 15.7. The van der Waals surface area contributed by atoms with Crippen molar-refractivity contribution in [2.75, 3.05) is 0 Å². The van der Waals surface area contributed by atoms with Gasteiger partial charge in [-0.3, -0.25) is 0 Å². The van der Waals surface area contributed by atoms with E-state index in [2.05, 4.69) is 121 Å². The molecule has 0 fully saturated rings. The number of rotatable bonds is 6. The van der Waals surface area contributed by atoms with Gasteiger partial charge >= 0.3 is 0 Å². The van der Waals surface area contributed by atoms with E-state index in [1.54, 1.807) is 11.3 Å². The van der Waals surface area contributed by atoms with Crippen LogP contribution >= 0.6 is 11.3 Å². The molecule has 11 rings (SSSR count). The molecule has 2 unspecified atom stereocenters. The summed E-state index contributed by atoms with van der Waals surface area (Å²) in [5.41, 5.74) is 9.99. The molecule has 0 bridgehead atoms. The van der Waals surface area contributed by atoms with Crippen LogP contribution in [0.1, 0.15) is 17.2 Å². The minimum Gasteiger partial charge on any atom is -0.484 e. The molecule has 6 nitrogen and oxygen atoms in total. The van der Waals surface area contributed by atoms with Crippen LogP contribution in [0.25, 0.3) is 82.6 Å². The first-order valence-electron chi connectivity index (χ1n) is 18.7. The van der Waals surface area contributed by atoms with Crippen molar-refractivity contribution >= 4 is 37.2 Å². The Morgan fingerprint density at radius 1 is 0.482 bits per heavy atom. The topological polar surface area (TPSA) is 73.7 Å². The Hall–Kier alpha value is -7.09. The van der Waals surface area contributed by atoms with Gasteiger partial charge in [-0.25, -0.2) is 24.9 Å². The average molecular weight is 738 g/mol. The van der Waals surface area contributed by atoms with Gasteiger partial charge in [0.25, 0.3) is 0 Å². The van der Waals surface area contributed by atoms with Gasteiger partial charge in [0.05, 0.1) is 15.9 Å². The summed E-state index contributed by atoms with van der Waals surface area (Å²) in [6, 6.07) is 53.8. The predicted molar refractivity (Wildman–Crippen MR) is 226 cm³/mol. The third kappa shape index (κ3) is 5.60. The van der Waals surface area contributed by atoms with Crippen LogP contribution in [-0.2, 0) is 0 Å². The second-order valence-corrected chi connectivity index (χ2v) is 15.0. The second-order valence-electron chi connectivity index (χ2n) is 14.0. The van der Waals surface area contributed by atoms with Crippen molar-refractivity contribution in [3.05, 3.63) is 187 Å². The SMILES string of the molecule is C1=CC2c3cc(-c4nc(-c5ccccc5)nc(-c5cccc(-c6ccccc6)c5)n4)ccc3OC2C(c2nc(-c3ccccc3)nc3c2sc2ccccc23)=C1. The first kappa shape index (κ1) is 32.3. The summed E-state index contributed by atoms with van der Waals surface area (Å²) in [5, 5.41) is 1.13. The minimum atomic E-state index is -0.258. The molecule has 0 saturated heterocycles. The number of ether oxygens (including phenoxy) is 1. The lowest BCUT2D eigenvalue weighted by Crippen LogP contribution is -2.22. The maximum Gasteiger partial charge on any atom is 0.164 e. The van der Waals surface area contributed by atoms with E-state index in [1.165, 1.54) is 4.70 Å². The van der Waals surface area contributed by atoms with Crippen molar-refractivity contribution in [2.45, 2.75) is 12.0 Å². The Balaban J connectivity index is 1.00. The molecule has 6 aromatic carbocycles. The molecular formula is C49H31N5OS. The summed E-state index contributed by atoms with van der Waals surface area (Å²) in [6.07, 6.45) is 6.27. The second kappa shape index (κ2) is 13.3. The van der Waals surface area contributed by atoms with Crippen LogP contribution in [0.5, 0.6) is 5.75 Å². The van der Waals surface area contributed by atoms with E-state index in [0.717, 1.165) is 71.6 Å². The van der Waals surface area contributed by atoms with Crippen LogP contribution in [0.2, 0.25) is 0 Å². The Kier molecular flexibility index (Phi) is 7.70. The van der Waals surface area contributed by atoms with Crippen LogP contribution in [0.15, 0.2) is 176 Å². The molecule has 2 atom stereocenters. The summed E-state index contributed by atoms with van der Waals surface area (Å²) in [5.74, 6) is 3.38. The maximum atomic E-state index is 6.85. The van der Waals surface area contributed by atoms with Gasteiger partial charge in [-0.05, 0) is 41.5 Å². The fourth-order valence-corrected chi connectivity index (χ4v) is 8.95. The van der Waals surface area contributed by atoms with Gasteiger partial charge in [0.1, 0.15) is 11.9 Å². The molecule has 0 amide bonds. The lowest BCUT2D eigenvalue weighted by molar-refractivity contribution is 0.278. The first-order valence-corrected chi connectivity index (χ1v) is 19.5. The molecular weight excluding hydrogens is 707 g/mol. The lowest BCUT2D eigenvalue weighted by atomic mass is 9.85. The zero-order valence-corrected chi connectivity index (χ0v) is 30.8. The van der Waals surface area contributed by atoms with Crippen LogP contribution < -0.4 is 4.74 Å². The molecule has 56 heavy (non-hydrogen) atoms. The Morgan fingerprint density at radius 3 is 1.80 bits per heavy atom. The van der Waals surface area contributed by atoms with Gasteiger partial charge in [-0.15, -0.1) is 11.3 Å². The summed E-state index contributed by atoms with van der Waals surface area (Å²) < 4.78 is 9.10. The monoisotopic (exact) mass is 737 g/mol. The van der Waals surface area contributed by atoms with E-state index in [0.29, 0.717) is 23.3 Å². The molecule has 9 aromatic rings. The van der Waals surface area contributed by atoms with Gasteiger partial charge in [0, 0.05) is 49.4 Å². The molecule has 0 N–H and O–H groups in total. The summed E-state index contributed by atoms with van der Waals surface area (Å²) in [6.45, 7) is 0. The van der Waals surface area contributed by atoms with Gasteiger partial charge in [-0.1, -0.05) is 146 Å². The number of hydrogen-bond donors (Lipinski definition) is 0. The molecule has 1 aliphatic carbocycles.